The van der Waals surface area contributed by atoms with Gasteiger partial charge in [-0.15, -0.1) is 0 Å². The minimum Gasteiger partial charge on any atom is -0.497 e. The molecule has 5 rings (SSSR count). The molecule has 31 heavy (non-hydrogen) atoms. The van der Waals surface area contributed by atoms with E-state index in [9.17, 15) is 22.8 Å². The van der Waals surface area contributed by atoms with Crippen molar-refractivity contribution in [1.29, 1.82) is 0 Å². The second kappa shape index (κ2) is 6.45. The number of hydrogen-bond acceptors (Lipinski definition) is 5. The number of aromatic nitrogens is 1. The molecule has 2 fully saturated rings. The van der Waals surface area contributed by atoms with Crippen molar-refractivity contribution in [3.05, 3.63) is 58.9 Å². The Morgan fingerprint density at radius 2 is 1.90 bits per heavy atom. The van der Waals surface area contributed by atoms with Gasteiger partial charge < -0.3 is 14.4 Å². The third-order valence-electron chi connectivity index (χ3n) is 6.51. The van der Waals surface area contributed by atoms with E-state index < -0.39 is 28.9 Å². The van der Waals surface area contributed by atoms with Crippen molar-refractivity contribution >= 4 is 11.9 Å². The summed E-state index contributed by atoms with van der Waals surface area (Å²) in [6.45, 7) is 0.330. The van der Waals surface area contributed by atoms with Crippen molar-refractivity contribution in [1.82, 2.24) is 9.88 Å². The van der Waals surface area contributed by atoms with Gasteiger partial charge in [0.1, 0.15) is 11.4 Å². The molecular formula is C22H19F3N2O4. The van der Waals surface area contributed by atoms with E-state index in [-0.39, 0.29) is 30.0 Å². The predicted octanol–water partition coefficient (Wildman–Crippen LogP) is 3.44. The molecular weight excluding hydrogens is 413 g/mol. The van der Waals surface area contributed by atoms with Crippen molar-refractivity contribution < 1.29 is 32.2 Å². The quantitative estimate of drug-likeness (QED) is 0.696. The first kappa shape index (κ1) is 19.8. The molecule has 2 aromatic rings. The summed E-state index contributed by atoms with van der Waals surface area (Å²) >= 11 is 0. The zero-order valence-corrected chi connectivity index (χ0v) is 16.7. The summed E-state index contributed by atoms with van der Waals surface area (Å²) in [4.78, 5) is 30.7. The minimum atomic E-state index is -4.64. The normalized spacial score (nSPS) is 23.6. The van der Waals surface area contributed by atoms with E-state index in [1.54, 1.807) is 24.1 Å². The molecule has 6 nitrogen and oxygen atoms in total. The minimum absolute atomic E-state index is 0.0265. The van der Waals surface area contributed by atoms with Crippen molar-refractivity contribution in [2.24, 2.45) is 0 Å². The fraction of sp³-hybridized carbons (Fsp3) is 0.409. The van der Waals surface area contributed by atoms with Gasteiger partial charge in [-0.2, -0.15) is 13.2 Å². The van der Waals surface area contributed by atoms with Crippen LogP contribution in [0.15, 0.2) is 36.5 Å². The number of nitrogens with zero attached hydrogens (tertiary/aromatic N) is 2. The molecule has 0 bridgehead atoms. The van der Waals surface area contributed by atoms with Crippen LogP contribution in [0.4, 0.5) is 13.2 Å². The molecule has 1 amide bonds. The van der Waals surface area contributed by atoms with Crippen molar-refractivity contribution in [3.63, 3.8) is 0 Å². The van der Waals surface area contributed by atoms with E-state index in [0.717, 1.165) is 17.8 Å². The van der Waals surface area contributed by atoms with Crippen LogP contribution in [-0.2, 0) is 26.7 Å². The zero-order chi connectivity index (χ0) is 22.0. The molecule has 9 heteroatoms. The van der Waals surface area contributed by atoms with Gasteiger partial charge in [0.2, 0.25) is 5.91 Å². The summed E-state index contributed by atoms with van der Waals surface area (Å²) in [6.07, 6.45) is -2.08. The molecule has 0 radical (unpaired) electrons. The largest absolute Gasteiger partial charge is 0.497 e. The molecule has 1 aromatic carbocycles. The van der Waals surface area contributed by atoms with Crippen LogP contribution in [0.25, 0.3) is 0 Å². The monoisotopic (exact) mass is 432 g/mol. The van der Waals surface area contributed by atoms with E-state index >= 15 is 0 Å². The molecule has 0 unspecified atom stereocenters. The fourth-order valence-electron chi connectivity index (χ4n) is 4.66. The number of methoxy groups -OCH3 is 1. The van der Waals surface area contributed by atoms with Crippen molar-refractivity contribution in [2.75, 3.05) is 20.2 Å². The highest BCUT2D eigenvalue weighted by molar-refractivity contribution is 5.95. The number of carbonyl (C=O) groups is 2. The molecule has 162 valence electrons. The molecule has 1 atom stereocenters. The Bertz CT molecular complexity index is 1080. The van der Waals surface area contributed by atoms with Gasteiger partial charge in [0.25, 0.3) is 0 Å². The zero-order valence-electron chi connectivity index (χ0n) is 16.7. The predicted molar refractivity (Wildman–Crippen MR) is 101 cm³/mol. The Morgan fingerprint density at radius 3 is 2.52 bits per heavy atom. The van der Waals surface area contributed by atoms with Gasteiger partial charge in [-0.25, -0.2) is 4.79 Å². The molecule has 3 aliphatic rings. The Balaban J connectivity index is 1.43. The van der Waals surface area contributed by atoms with E-state index in [0.29, 0.717) is 25.1 Å². The highest BCUT2D eigenvalue weighted by Crippen LogP contribution is 2.52. The van der Waals surface area contributed by atoms with Crippen molar-refractivity contribution in [2.45, 2.75) is 36.5 Å². The highest BCUT2D eigenvalue weighted by atomic mass is 19.4. The number of esters is 1. The molecule has 1 saturated carbocycles. The Morgan fingerprint density at radius 1 is 1.19 bits per heavy atom. The average Bonchev–Trinajstić information content (AvgIpc) is 3.39. The third-order valence-corrected chi connectivity index (χ3v) is 6.51. The number of rotatable bonds is 3. The lowest BCUT2D eigenvalue weighted by Crippen LogP contribution is -2.40. The first-order chi connectivity index (χ1) is 14.7. The standard InChI is InChI=1S/C22H19F3N2O4/c1-30-14-4-2-13(3-5-14)20(6-7-20)19(29)27-9-8-21(12-27)16-10-17(22(23,24)25)26-11-15(16)18(28)31-21/h2-5,10-11H,6-9,12H2,1H3/t21-/m0/s1. The lowest BCUT2D eigenvalue weighted by molar-refractivity contribution is -0.141. The maximum atomic E-state index is 13.4. The maximum Gasteiger partial charge on any atom is 0.433 e. The smallest absolute Gasteiger partial charge is 0.433 e. The number of amides is 1. The van der Waals surface area contributed by atoms with Gasteiger partial charge in [-0.05, 0) is 36.6 Å². The van der Waals surface area contributed by atoms with Crippen LogP contribution in [0.3, 0.4) is 0 Å². The molecule has 3 heterocycles. The van der Waals surface area contributed by atoms with E-state index in [2.05, 4.69) is 4.98 Å². The number of alkyl halides is 3. The second-order valence-corrected chi connectivity index (χ2v) is 8.28. The number of carbonyl (C=O) groups excluding carboxylic acids is 2. The van der Waals surface area contributed by atoms with Crippen LogP contribution in [-0.4, -0.2) is 42.0 Å². The highest BCUT2D eigenvalue weighted by Gasteiger charge is 2.58. The molecule has 1 aliphatic carbocycles. The van der Waals surface area contributed by atoms with Gasteiger partial charge in [-0.1, -0.05) is 12.1 Å². The van der Waals surface area contributed by atoms with Gasteiger partial charge >= 0.3 is 12.1 Å². The molecule has 1 saturated heterocycles. The SMILES string of the molecule is COc1ccc(C2(C(=O)N3CC[C@@]4(C3)OC(=O)c3cnc(C(F)(F)F)cc34)CC2)cc1. The Kier molecular flexibility index (Phi) is 4.13. The number of fused-ring (bicyclic) bond motifs is 2. The van der Waals surface area contributed by atoms with E-state index in [1.165, 1.54) is 0 Å². The first-order valence-electron chi connectivity index (χ1n) is 9.94. The van der Waals surface area contributed by atoms with Crippen LogP contribution in [0, 0.1) is 0 Å². The summed E-state index contributed by atoms with van der Waals surface area (Å²) < 4.78 is 50.2. The van der Waals surface area contributed by atoms with Gasteiger partial charge in [0, 0.05) is 24.7 Å². The lowest BCUT2D eigenvalue weighted by Gasteiger charge is -2.27. The van der Waals surface area contributed by atoms with Gasteiger partial charge in [0.05, 0.1) is 24.6 Å². The third kappa shape index (κ3) is 2.97. The van der Waals surface area contributed by atoms with Crippen LogP contribution in [0.1, 0.15) is 46.4 Å². The number of halogens is 3. The number of likely N-dealkylation sites (tertiary alicyclic amines) is 1. The number of benzene rings is 1. The van der Waals surface area contributed by atoms with Crippen LogP contribution in [0.2, 0.25) is 0 Å². The maximum absolute atomic E-state index is 13.4. The number of hydrogen-bond donors (Lipinski definition) is 0. The topological polar surface area (TPSA) is 68.7 Å². The van der Waals surface area contributed by atoms with E-state index in [1.807, 2.05) is 12.1 Å². The molecule has 1 aromatic heterocycles. The van der Waals surface area contributed by atoms with Crippen LogP contribution in [0.5, 0.6) is 5.75 Å². The Labute approximate surface area is 176 Å². The summed E-state index contributed by atoms with van der Waals surface area (Å²) in [5, 5.41) is 0. The molecule has 1 spiro atoms. The van der Waals surface area contributed by atoms with Gasteiger partial charge in [-0.3, -0.25) is 9.78 Å². The van der Waals surface area contributed by atoms with Crippen LogP contribution >= 0.6 is 0 Å². The first-order valence-corrected chi connectivity index (χ1v) is 9.94. The number of pyridine rings is 1. The van der Waals surface area contributed by atoms with E-state index in [4.69, 9.17) is 9.47 Å². The Hall–Kier alpha value is -3.10. The molecule has 2 aliphatic heterocycles. The molecule has 0 N–H and O–H groups in total. The van der Waals surface area contributed by atoms with Crippen molar-refractivity contribution in [3.8, 4) is 5.75 Å². The lowest BCUT2D eigenvalue weighted by atomic mass is 9.91. The second-order valence-electron chi connectivity index (χ2n) is 8.28. The number of ether oxygens (including phenoxy) is 2. The average molecular weight is 432 g/mol. The summed E-state index contributed by atoms with van der Waals surface area (Å²) in [5.41, 5.74) is -1.92. The van der Waals surface area contributed by atoms with Crippen LogP contribution < -0.4 is 4.74 Å². The van der Waals surface area contributed by atoms with Gasteiger partial charge in [0.15, 0.2) is 5.60 Å². The summed E-state index contributed by atoms with van der Waals surface area (Å²) in [7, 11) is 1.57. The fourth-order valence-corrected chi connectivity index (χ4v) is 4.66. The summed E-state index contributed by atoms with van der Waals surface area (Å²) in [6, 6.07) is 8.21. The summed E-state index contributed by atoms with van der Waals surface area (Å²) in [5.74, 6) is -0.110.